The van der Waals surface area contributed by atoms with Crippen molar-refractivity contribution in [3.05, 3.63) is 118 Å². The first-order valence-electron chi connectivity index (χ1n) is 34.2. The number of phenols is 1. The predicted molar refractivity (Wildman–Crippen MR) is 374 cm³/mol. The number of aromatic hydroxyl groups is 1. The Hall–Kier alpha value is -8.28. The maximum Gasteiger partial charge on any atom is 0.305 e. The number of nitrogens with two attached hydrogens (primary N) is 1. The maximum absolute atomic E-state index is 15.2. The molecule has 0 spiro atoms. The Morgan fingerprint density at radius 1 is 0.750 bits per heavy atom. The van der Waals surface area contributed by atoms with Gasteiger partial charge in [-0.2, -0.15) is 23.5 Å². The maximum atomic E-state index is 15.2. The molecule has 25 nitrogen and oxygen atoms in total. The minimum absolute atomic E-state index is 0.0370. The van der Waals surface area contributed by atoms with Crippen molar-refractivity contribution < 1.29 is 66.9 Å². The second-order valence-corrected chi connectivity index (χ2v) is 29.3. The van der Waals surface area contributed by atoms with Gasteiger partial charge in [0.15, 0.2) is 0 Å². The molecule has 9 rings (SSSR count). The Bertz CT molecular complexity index is 3740. The van der Waals surface area contributed by atoms with E-state index in [-0.39, 0.29) is 86.6 Å². The Kier molecular flexibility index (Phi) is 27.2. The summed E-state index contributed by atoms with van der Waals surface area (Å²) < 4.78 is 30.2. The summed E-state index contributed by atoms with van der Waals surface area (Å²) in [5.74, 6) is -7.83. The topological polar surface area (TPSA) is 381 Å². The van der Waals surface area contributed by atoms with E-state index < -0.39 is 132 Å². The van der Waals surface area contributed by atoms with E-state index in [2.05, 4.69) is 63.6 Å². The fourth-order valence-electron chi connectivity index (χ4n) is 14.0. The van der Waals surface area contributed by atoms with Crippen LogP contribution in [0.2, 0.25) is 5.02 Å². The van der Waals surface area contributed by atoms with Crippen LogP contribution in [0.1, 0.15) is 125 Å². The molecule has 12 atom stereocenters. The van der Waals surface area contributed by atoms with Crippen molar-refractivity contribution in [1.82, 2.24) is 62.4 Å². The van der Waals surface area contributed by atoms with Crippen molar-refractivity contribution in [3.8, 4) is 5.75 Å². The predicted octanol–water partition coefficient (Wildman–Crippen LogP) is 5.06. The normalized spacial score (nSPS) is 27.3. The Labute approximate surface area is 592 Å². The summed E-state index contributed by atoms with van der Waals surface area (Å²) in [6.45, 7) is 3.74. The number of aromatic nitrogens is 3. The fraction of sp³-hybridized carbons (Fsp3) is 0.529. The molecular weight excluding hydrogens is 1350 g/mol. The number of aromatic amines is 2. The van der Waals surface area contributed by atoms with Gasteiger partial charge in [0.1, 0.15) is 65.6 Å². The summed E-state index contributed by atoms with van der Waals surface area (Å²) >= 11 is 9.49. The Morgan fingerprint density at radius 2 is 1.43 bits per heavy atom. The molecule has 4 heterocycles. The molecule has 4 aliphatic rings. The van der Waals surface area contributed by atoms with E-state index in [1.165, 1.54) is 78.7 Å². The van der Waals surface area contributed by atoms with Gasteiger partial charge in [0, 0.05) is 90.8 Å². The van der Waals surface area contributed by atoms with Gasteiger partial charge in [-0.1, -0.05) is 41.9 Å². The van der Waals surface area contributed by atoms with E-state index in [9.17, 15) is 39.0 Å². The van der Waals surface area contributed by atoms with Crippen LogP contribution in [-0.2, 0) is 78.7 Å². The van der Waals surface area contributed by atoms with Gasteiger partial charge in [-0.25, -0.2) is 13.8 Å². The van der Waals surface area contributed by atoms with Gasteiger partial charge in [0.05, 0.1) is 17.8 Å². The summed E-state index contributed by atoms with van der Waals surface area (Å²) in [5, 5.41) is 42.9. The number of thioether (sulfide) groups is 2. The first-order chi connectivity index (χ1) is 47.9. The van der Waals surface area contributed by atoms with Crippen molar-refractivity contribution in [3.63, 3.8) is 0 Å². The number of carbonyl (C=O) groups excluding carboxylic acids is 9. The molecule has 0 radical (unpaired) electrons. The van der Waals surface area contributed by atoms with Crippen LogP contribution in [0, 0.1) is 23.6 Å². The number of benzene rings is 3. The number of alkyl halides is 1. The number of H-pyrrole nitrogens is 2. The van der Waals surface area contributed by atoms with Gasteiger partial charge in [-0.05, 0) is 161 Å². The first kappa shape index (κ1) is 75.9. The second kappa shape index (κ2) is 35.9. The van der Waals surface area contributed by atoms with E-state index >= 15 is 28.0 Å². The monoisotopic (exact) mass is 1440 g/mol. The van der Waals surface area contributed by atoms with Crippen LogP contribution in [0.3, 0.4) is 0 Å². The van der Waals surface area contributed by atoms with Crippen molar-refractivity contribution in [2.75, 3.05) is 31.1 Å². The van der Waals surface area contributed by atoms with E-state index in [4.69, 9.17) is 17.3 Å². The second-order valence-electron chi connectivity index (χ2n) is 26.7. The third-order valence-corrected chi connectivity index (χ3v) is 21.8. The number of halogens is 3. The number of nitrogens with zero attached hydrogens (tertiary/aromatic N) is 2. The van der Waals surface area contributed by atoms with Gasteiger partial charge in [-0.3, -0.25) is 47.9 Å². The molecule has 2 aromatic heterocycles. The standard InChI is InChI=1S/C70H90ClF2N13O12S2/c1-39-62(91)81-54(28-44-12-11-43-13-14-46(72)30-49(43)44)64(93)82-55(29-45-34-77-52-16-15-47(73)31-50(45)52)65(94)84-57(33-61(89)90)67(96)83-56(32-48-35-75-38-78-48)66(95)85-58(27-40-10-17-59(87)51(71)26-40)68(97)86-22-6-19-70(86,2)69(98)76-21-24-100-37-42-8-5-7-41(25-42)36-99-23-18-60(88)80-53(63(92)79-39)9-3-4-20-74/h5,7-8,10,15-17,25-26,31,34-35,38-39,43-44,46,49,53-58,77,87H,3-4,6,9,11-14,18-24,27-30,32-33,36-37,74H2,1-2H3,(H,75,78)(H,76,98)(H,79,92)(H,80,88)(H,81,91)(H,82,93)(H,83,96)(H,84,94)(H,85,95)(H,89,90)/t39-,43?,44?,46?,49?,53+,54+,55+,56+,57+,58+,70+/m1/s1. The zero-order chi connectivity index (χ0) is 71.6. The summed E-state index contributed by atoms with van der Waals surface area (Å²) in [6.07, 6.45) is 5.51. The fourth-order valence-corrected chi connectivity index (χ4v) is 15.9. The van der Waals surface area contributed by atoms with Crippen LogP contribution >= 0.6 is 35.1 Å². The summed E-state index contributed by atoms with van der Waals surface area (Å²) in [5.41, 5.74) is 7.91. The highest BCUT2D eigenvalue weighted by molar-refractivity contribution is 7.98. The molecule has 2 aliphatic carbocycles. The number of phenolic OH excluding ortho intramolecular Hbond substituents is 1. The lowest BCUT2D eigenvalue weighted by molar-refractivity contribution is -0.146. The molecule has 3 aromatic carbocycles. The largest absolute Gasteiger partial charge is 0.506 e. The average molecular weight is 1440 g/mol. The van der Waals surface area contributed by atoms with Crippen LogP contribution in [0.5, 0.6) is 5.75 Å². The number of unbranched alkanes of at least 4 members (excludes halogenated alkanes) is 1. The molecule has 100 heavy (non-hydrogen) atoms. The summed E-state index contributed by atoms with van der Waals surface area (Å²) in [4.78, 5) is 156. The number of rotatable bonds is 14. The van der Waals surface area contributed by atoms with Crippen molar-refractivity contribution in [1.29, 1.82) is 0 Å². The molecule has 14 N–H and O–H groups in total. The molecule has 30 heteroatoms. The van der Waals surface area contributed by atoms with Crippen LogP contribution in [0.4, 0.5) is 8.78 Å². The molecule has 540 valence electrons. The van der Waals surface area contributed by atoms with Crippen LogP contribution in [0.25, 0.3) is 10.9 Å². The van der Waals surface area contributed by atoms with Gasteiger partial charge < -0.3 is 73.3 Å². The molecule has 9 amide bonds. The minimum atomic E-state index is -1.99. The van der Waals surface area contributed by atoms with E-state index in [0.717, 1.165) is 17.5 Å². The van der Waals surface area contributed by atoms with Crippen molar-refractivity contribution >= 4 is 105 Å². The molecule has 5 aromatic rings. The lowest BCUT2D eigenvalue weighted by Crippen LogP contribution is -2.62. The number of carbonyl (C=O) groups is 10. The first-order valence-corrected chi connectivity index (χ1v) is 36.8. The molecule has 1 saturated heterocycles. The summed E-state index contributed by atoms with van der Waals surface area (Å²) in [7, 11) is 0. The zero-order valence-electron chi connectivity index (χ0n) is 56.0. The molecule has 2 bridgehead atoms. The van der Waals surface area contributed by atoms with Crippen LogP contribution in [0.15, 0.2) is 79.4 Å². The number of carboxylic acid groups (broad SMARTS) is 1. The Morgan fingerprint density at radius 3 is 2.15 bits per heavy atom. The molecule has 4 unspecified atom stereocenters. The number of carboxylic acids is 1. The summed E-state index contributed by atoms with van der Waals surface area (Å²) in [6, 6.07) is 5.43. The highest BCUT2D eigenvalue weighted by Gasteiger charge is 2.48. The highest BCUT2D eigenvalue weighted by Crippen LogP contribution is 2.48. The number of fused-ring (bicyclic) bond motifs is 5. The number of hydrogen-bond donors (Lipinski definition) is 13. The SMILES string of the molecule is C[C@H]1NC(=O)[C@H](CCCCN)NC(=O)CCSCc2cccc(c2)CSCCNC(=O)[C@]2(C)CCCN2C(=O)[C@H](Cc2ccc(O)c(Cl)c2)NC(=O)[C@H](Cc2cnc[nH]2)NC(=O)[C@H](CC(=O)O)NC(=O)[C@H](Cc2c[nH]c3ccc(F)cc23)NC(=O)[C@H](CC2CCC3CCC(F)CC32)NC1=O. The quantitative estimate of drug-likeness (QED) is 0.0647. The third kappa shape index (κ3) is 20.7. The third-order valence-electron chi connectivity index (χ3n) is 19.4. The molecule has 2 aliphatic heterocycles. The Balaban J connectivity index is 1.05. The number of amides is 9. The molecular formula is C70H90ClF2N13O12S2. The number of imidazole rings is 1. The van der Waals surface area contributed by atoms with Gasteiger partial charge >= 0.3 is 5.97 Å². The lowest BCUT2D eigenvalue weighted by Gasteiger charge is -2.36. The number of nitrogens with one attached hydrogen (secondary N) is 10. The van der Waals surface area contributed by atoms with Crippen molar-refractivity contribution in [2.45, 2.75) is 182 Å². The molecule has 2 saturated carbocycles. The smallest absolute Gasteiger partial charge is 0.305 e. The number of aliphatic carboxylic acids is 1. The van der Waals surface area contributed by atoms with E-state index in [0.29, 0.717) is 95.8 Å². The van der Waals surface area contributed by atoms with Crippen LogP contribution < -0.4 is 48.3 Å². The van der Waals surface area contributed by atoms with Gasteiger partial charge in [0.2, 0.25) is 53.2 Å². The van der Waals surface area contributed by atoms with Gasteiger partial charge in [-0.15, -0.1) is 0 Å². The number of hydrogen-bond acceptors (Lipinski definition) is 15. The van der Waals surface area contributed by atoms with E-state index in [1.807, 2.05) is 18.2 Å². The lowest BCUT2D eigenvalue weighted by atomic mass is 9.75. The molecule has 3 fully saturated rings. The van der Waals surface area contributed by atoms with E-state index in [1.54, 1.807) is 18.7 Å². The minimum Gasteiger partial charge on any atom is -0.506 e. The van der Waals surface area contributed by atoms with Crippen molar-refractivity contribution in [2.24, 2.45) is 23.5 Å². The van der Waals surface area contributed by atoms with Crippen LogP contribution in [-0.4, -0.2) is 174 Å². The average Bonchev–Trinajstić information content (AvgIpc) is 1.59. The zero-order valence-corrected chi connectivity index (χ0v) is 58.4. The van der Waals surface area contributed by atoms with Gasteiger partial charge in [0.25, 0.3) is 0 Å². The highest BCUT2D eigenvalue weighted by atomic mass is 35.5.